The summed E-state index contributed by atoms with van der Waals surface area (Å²) in [6.45, 7) is 4.77. The van der Waals surface area contributed by atoms with Crippen molar-refractivity contribution in [1.29, 1.82) is 0 Å². The molecule has 2 rings (SSSR count). The molecular weight excluding hydrogens is 307 g/mol. The fourth-order valence-corrected chi connectivity index (χ4v) is 2.44. The Morgan fingerprint density at radius 1 is 1.47 bits per heavy atom. The van der Waals surface area contributed by atoms with Crippen LogP contribution in [0, 0.1) is 12.7 Å². The van der Waals surface area contributed by atoms with Crippen LogP contribution < -0.4 is 0 Å². The minimum absolute atomic E-state index is 0.346. The molecule has 1 aromatic carbocycles. The molecule has 17 heavy (non-hydrogen) atoms. The Kier molecular flexibility index (Phi) is 3.54. The Bertz CT molecular complexity index is 566. The average molecular weight is 318 g/mol. The van der Waals surface area contributed by atoms with Gasteiger partial charge in [0.2, 0.25) is 0 Å². The number of hydrogen-bond donors (Lipinski definition) is 0. The molecule has 1 heterocycles. The maximum Gasteiger partial charge on any atom is 0.124 e. The summed E-state index contributed by atoms with van der Waals surface area (Å²) in [5.41, 5.74) is 2.51. The molecule has 5 heteroatoms. The van der Waals surface area contributed by atoms with Crippen molar-refractivity contribution in [3.63, 3.8) is 0 Å². The van der Waals surface area contributed by atoms with E-state index in [-0.39, 0.29) is 5.82 Å². The summed E-state index contributed by atoms with van der Waals surface area (Å²) >= 11 is 9.53. The highest BCUT2D eigenvalue weighted by Gasteiger charge is 2.15. The molecule has 0 saturated carbocycles. The van der Waals surface area contributed by atoms with Crippen molar-refractivity contribution in [1.82, 2.24) is 9.78 Å². The number of aryl methyl sites for hydroxylation is 1. The van der Waals surface area contributed by atoms with E-state index >= 15 is 0 Å². The van der Waals surface area contributed by atoms with Crippen molar-refractivity contribution < 1.29 is 4.39 Å². The van der Waals surface area contributed by atoms with Crippen LogP contribution in [0.2, 0.25) is 5.02 Å². The van der Waals surface area contributed by atoms with E-state index in [4.69, 9.17) is 11.6 Å². The molecule has 0 saturated heterocycles. The monoisotopic (exact) mass is 316 g/mol. The lowest BCUT2D eigenvalue weighted by Gasteiger charge is -2.01. The molecular formula is C12H11BrClFN2. The fraction of sp³-hybridized carbons (Fsp3) is 0.250. The van der Waals surface area contributed by atoms with Gasteiger partial charge >= 0.3 is 0 Å². The van der Waals surface area contributed by atoms with Crippen LogP contribution in [0.4, 0.5) is 4.39 Å². The summed E-state index contributed by atoms with van der Waals surface area (Å²) in [7, 11) is 0. The second-order valence-electron chi connectivity index (χ2n) is 3.69. The zero-order valence-electron chi connectivity index (χ0n) is 9.47. The zero-order valence-corrected chi connectivity index (χ0v) is 11.8. The Morgan fingerprint density at radius 3 is 2.71 bits per heavy atom. The van der Waals surface area contributed by atoms with Gasteiger partial charge in [-0.15, -0.1) is 0 Å². The minimum atomic E-state index is -0.346. The van der Waals surface area contributed by atoms with E-state index in [1.165, 1.54) is 12.1 Å². The number of nitrogens with zero attached hydrogens (tertiary/aromatic N) is 2. The Hall–Kier alpha value is -0.870. The van der Waals surface area contributed by atoms with Crippen molar-refractivity contribution in [3.8, 4) is 11.3 Å². The number of benzene rings is 1. The SMILES string of the molecule is CCn1nc(-c2ccc(F)cc2Cl)c(Br)c1C. The molecule has 0 aliphatic rings. The highest BCUT2D eigenvalue weighted by atomic mass is 79.9. The Balaban J connectivity index is 2.60. The van der Waals surface area contributed by atoms with E-state index < -0.39 is 0 Å². The van der Waals surface area contributed by atoms with Gasteiger partial charge in [0.15, 0.2) is 0 Å². The molecule has 2 aromatic rings. The van der Waals surface area contributed by atoms with Crippen molar-refractivity contribution in [2.45, 2.75) is 20.4 Å². The summed E-state index contributed by atoms with van der Waals surface area (Å²) < 4.78 is 15.8. The molecule has 1 aromatic heterocycles. The topological polar surface area (TPSA) is 17.8 Å². The van der Waals surface area contributed by atoms with Crippen molar-refractivity contribution in [2.75, 3.05) is 0 Å². The van der Waals surface area contributed by atoms with Gasteiger partial charge in [0, 0.05) is 12.1 Å². The molecule has 0 bridgehead atoms. The van der Waals surface area contributed by atoms with Gasteiger partial charge < -0.3 is 0 Å². The molecule has 0 spiro atoms. The van der Waals surface area contributed by atoms with E-state index in [0.29, 0.717) is 5.02 Å². The van der Waals surface area contributed by atoms with Gasteiger partial charge in [-0.1, -0.05) is 11.6 Å². The first-order valence-corrected chi connectivity index (χ1v) is 6.40. The molecule has 0 atom stereocenters. The van der Waals surface area contributed by atoms with E-state index in [1.54, 1.807) is 6.07 Å². The molecule has 2 nitrogen and oxygen atoms in total. The van der Waals surface area contributed by atoms with Gasteiger partial charge in [-0.05, 0) is 48.0 Å². The maximum atomic E-state index is 13.0. The van der Waals surface area contributed by atoms with Crippen LogP contribution in [0.1, 0.15) is 12.6 Å². The molecule has 90 valence electrons. The number of halogens is 3. The smallest absolute Gasteiger partial charge is 0.124 e. The second-order valence-corrected chi connectivity index (χ2v) is 4.89. The van der Waals surface area contributed by atoms with E-state index in [1.807, 2.05) is 18.5 Å². The van der Waals surface area contributed by atoms with Crippen molar-refractivity contribution in [2.24, 2.45) is 0 Å². The van der Waals surface area contributed by atoms with Gasteiger partial charge in [0.05, 0.1) is 15.2 Å². The molecule has 0 radical (unpaired) electrons. The number of hydrogen-bond acceptors (Lipinski definition) is 1. The van der Waals surface area contributed by atoms with Gasteiger partial charge in [-0.25, -0.2) is 4.39 Å². The van der Waals surface area contributed by atoms with E-state index in [0.717, 1.165) is 28.0 Å². The second kappa shape index (κ2) is 4.78. The van der Waals surface area contributed by atoms with Crippen molar-refractivity contribution in [3.05, 3.63) is 39.2 Å². The summed E-state index contributed by atoms with van der Waals surface area (Å²) in [6.07, 6.45) is 0. The van der Waals surface area contributed by atoms with Crippen LogP contribution in [0.5, 0.6) is 0 Å². The molecule has 0 aliphatic carbocycles. The third-order valence-electron chi connectivity index (χ3n) is 2.62. The molecule has 0 fully saturated rings. The molecule has 0 unspecified atom stereocenters. The average Bonchev–Trinajstić information content (AvgIpc) is 2.57. The van der Waals surface area contributed by atoms with Gasteiger partial charge in [0.1, 0.15) is 11.5 Å². The van der Waals surface area contributed by atoms with Crippen LogP contribution in [-0.2, 0) is 6.54 Å². The first-order valence-electron chi connectivity index (χ1n) is 5.23. The van der Waals surface area contributed by atoms with Crippen LogP contribution in [0.15, 0.2) is 22.7 Å². The third kappa shape index (κ3) is 2.24. The van der Waals surface area contributed by atoms with Gasteiger partial charge in [-0.2, -0.15) is 5.10 Å². The predicted molar refractivity (Wildman–Crippen MR) is 70.7 cm³/mol. The Morgan fingerprint density at radius 2 is 2.18 bits per heavy atom. The van der Waals surface area contributed by atoms with Crippen LogP contribution in [0.25, 0.3) is 11.3 Å². The molecule has 0 amide bonds. The normalized spacial score (nSPS) is 10.9. The predicted octanol–water partition coefficient (Wildman–Crippen LogP) is 4.43. The summed E-state index contributed by atoms with van der Waals surface area (Å²) in [4.78, 5) is 0. The fourth-order valence-electron chi connectivity index (χ4n) is 1.69. The standard InChI is InChI=1S/C12H11BrClFN2/c1-3-17-7(2)11(13)12(16-17)9-5-4-8(15)6-10(9)14/h4-6H,3H2,1-2H3. The maximum absolute atomic E-state index is 13.0. The lowest BCUT2D eigenvalue weighted by molar-refractivity contribution is 0.627. The first-order chi connectivity index (χ1) is 8.04. The largest absolute Gasteiger partial charge is 0.268 e. The highest BCUT2D eigenvalue weighted by Crippen LogP contribution is 2.34. The quantitative estimate of drug-likeness (QED) is 0.801. The van der Waals surface area contributed by atoms with E-state index in [2.05, 4.69) is 21.0 Å². The van der Waals surface area contributed by atoms with Crippen LogP contribution in [-0.4, -0.2) is 9.78 Å². The van der Waals surface area contributed by atoms with Gasteiger partial charge in [-0.3, -0.25) is 4.68 Å². The number of rotatable bonds is 2. The summed E-state index contributed by atoms with van der Waals surface area (Å²) in [6, 6.07) is 4.32. The highest BCUT2D eigenvalue weighted by molar-refractivity contribution is 9.10. The molecule has 0 N–H and O–H groups in total. The third-order valence-corrected chi connectivity index (χ3v) is 3.88. The Labute approximate surface area is 113 Å². The lowest BCUT2D eigenvalue weighted by Crippen LogP contribution is -1.98. The first kappa shape index (κ1) is 12.6. The summed E-state index contributed by atoms with van der Waals surface area (Å²) in [5, 5.41) is 4.82. The minimum Gasteiger partial charge on any atom is -0.268 e. The zero-order chi connectivity index (χ0) is 12.6. The lowest BCUT2D eigenvalue weighted by atomic mass is 10.1. The van der Waals surface area contributed by atoms with E-state index in [9.17, 15) is 4.39 Å². The summed E-state index contributed by atoms with van der Waals surface area (Å²) in [5.74, 6) is -0.346. The molecule has 0 aliphatic heterocycles. The van der Waals surface area contributed by atoms with Crippen LogP contribution in [0.3, 0.4) is 0 Å². The van der Waals surface area contributed by atoms with Crippen LogP contribution >= 0.6 is 27.5 Å². The number of aromatic nitrogens is 2. The van der Waals surface area contributed by atoms with Gasteiger partial charge in [0.25, 0.3) is 0 Å². The van der Waals surface area contributed by atoms with Crippen molar-refractivity contribution >= 4 is 27.5 Å².